The van der Waals surface area contributed by atoms with Gasteiger partial charge in [0.05, 0.1) is 11.1 Å². The van der Waals surface area contributed by atoms with Crippen LogP contribution in [-0.4, -0.2) is 39.1 Å². The van der Waals surface area contributed by atoms with Crippen molar-refractivity contribution in [3.63, 3.8) is 0 Å². The maximum absolute atomic E-state index is 11.4. The first-order chi connectivity index (χ1) is 10.5. The van der Waals surface area contributed by atoms with Crippen molar-refractivity contribution in [2.24, 2.45) is 0 Å². The number of carboxylic acids is 1. The molecule has 3 N–H and O–H groups in total. The number of nitrogens with zero attached hydrogens (tertiary/aromatic N) is 1. The predicted molar refractivity (Wildman–Crippen MR) is 85.5 cm³/mol. The van der Waals surface area contributed by atoms with Gasteiger partial charge in [0.2, 0.25) is 0 Å². The normalized spacial score (nSPS) is 11.3. The first kappa shape index (κ1) is 16.5. The van der Waals surface area contributed by atoms with Crippen molar-refractivity contribution < 1.29 is 20.1 Å². The van der Waals surface area contributed by atoms with Crippen LogP contribution in [0.5, 0.6) is 0 Å². The summed E-state index contributed by atoms with van der Waals surface area (Å²) < 4.78 is 2.09. The monoisotopic (exact) mass is 305 g/mol. The molecule has 5 nitrogen and oxygen atoms in total. The van der Waals surface area contributed by atoms with Crippen LogP contribution in [-0.2, 0) is 13.0 Å². The molecular formula is C17H23NO4. The predicted octanol–water partition coefficient (Wildman–Crippen LogP) is 2.26. The molecule has 1 aromatic heterocycles. The van der Waals surface area contributed by atoms with Crippen LogP contribution in [0.15, 0.2) is 12.3 Å². The third kappa shape index (κ3) is 3.00. The van der Waals surface area contributed by atoms with Crippen molar-refractivity contribution in [2.75, 3.05) is 13.2 Å². The number of hydrogen-bond donors (Lipinski definition) is 3. The van der Waals surface area contributed by atoms with E-state index >= 15 is 0 Å². The third-order valence-electron chi connectivity index (χ3n) is 4.06. The number of aromatic carboxylic acids is 1. The number of aryl methyl sites for hydroxylation is 4. The molecule has 0 spiro atoms. The molecule has 2 rings (SSSR count). The van der Waals surface area contributed by atoms with Crippen LogP contribution < -0.4 is 0 Å². The fourth-order valence-corrected chi connectivity index (χ4v) is 3.08. The number of aliphatic hydroxyl groups is 2. The summed E-state index contributed by atoms with van der Waals surface area (Å²) in [6.45, 7) is 4.68. The van der Waals surface area contributed by atoms with Crippen LogP contribution in [0.3, 0.4) is 0 Å². The van der Waals surface area contributed by atoms with Gasteiger partial charge in [-0.2, -0.15) is 0 Å². The topological polar surface area (TPSA) is 82.7 Å². The summed E-state index contributed by atoms with van der Waals surface area (Å²) in [5.41, 5.74) is 4.11. The molecular weight excluding hydrogens is 282 g/mol. The van der Waals surface area contributed by atoms with Crippen molar-refractivity contribution in [1.82, 2.24) is 4.57 Å². The molecule has 0 aliphatic heterocycles. The van der Waals surface area contributed by atoms with E-state index in [2.05, 4.69) is 4.57 Å². The maximum Gasteiger partial charge on any atom is 0.335 e. The molecule has 120 valence electrons. The Hall–Kier alpha value is -1.85. The standard InChI is InChI=1S/C17H23NO4/c1-11-9-14(17(21)22)12(2)15-13(5-3-7-19)10-18(16(11)15)6-4-8-20/h9-10,19-20H,3-8H2,1-2H3,(H,21,22). The number of hydrogen-bond acceptors (Lipinski definition) is 3. The Morgan fingerprint density at radius 1 is 1.18 bits per heavy atom. The highest BCUT2D eigenvalue weighted by Crippen LogP contribution is 2.31. The molecule has 0 radical (unpaired) electrons. The SMILES string of the molecule is Cc1c(C(=O)O)cc(C)c2c1c(CCCO)cn2CCCO. The van der Waals surface area contributed by atoms with Gasteiger partial charge in [-0.15, -0.1) is 0 Å². The van der Waals surface area contributed by atoms with Gasteiger partial charge in [-0.05, 0) is 55.9 Å². The molecule has 0 bridgehead atoms. The second-order valence-electron chi connectivity index (χ2n) is 5.65. The van der Waals surface area contributed by atoms with Gasteiger partial charge in [0, 0.05) is 31.3 Å². The van der Waals surface area contributed by atoms with E-state index in [0.717, 1.165) is 27.6 Å². The van der Waals surface area contributed by atoms with Crippen LogP contribution in [0.1, 0.15) is 39.9 Å². The van der Waals surface area contributed by atoms with Crippen LogP contribution in [0.4, 0.5) is 0 Å². The van der Waals surface area contributed by atoms with E-state index in [4.69, 9.17) is 10.2 Å². The van der Waals surface area contributed by atoms with E-state index in [1.54, 1.807) is 6.07 Å². The van der Waals surface area contributed by atoms with Crippen LogP contribution >= 0.6 is 0 Å². The van der Waals surface area contributed by atoms with Gasteiger partial charge >= 0.3 is 5.97 Å². The molecule has 0 fully saturated rings. The fourth-order valence-electron chi connectivity index (χ4n) is 3.08. The first-order valence-electron chi connectivity index (χ1n) is 7.58. The Morgan fingerprint density at radius 3 is 2.45 bits per heavy atom. The Bertz CT molecular complexity index is 688. The third-order valence-corrected chi connectivity index (χ3v) is 4.06. The summed E-state index contributed by atoms with van der Waals surface area (Å²) in [6, 6.07) is 1.71. The fraction of sp³-hybridized carbons (Fsp3) is 0.471. The second-order valence-corrected chi connectivity index (χ2v) is 5.65. The van der Waals surface area contributed by atoms with Gasteiger partial charge in [0.25, 0.3) is 0 Å². The van der Waals surface area contributed by atoms with Gasteiger partial charge < -0.3 is 19.9 Å². The molecule has 0 saturated carbocycles. The lowest BCUT2D eigenvalue weighted by Crippen LogP contribution is -2.04. The lowest BCUT2D eigenvalue weighted by Gasteiger charge is -2.10. The van der Waals surface area contributed by atoms with Gasteiger partial charge in [-0.3, -0.25) is 0 Å². The lowest BCUT2D eigenvalue weighted by atomic mass is 9.97. The number of carbonyl (C=O) groups is 1. The zero-order valence-corrected chi connectivity index (χ0v) is 13.1. The average Bonchev–Trinajstić information content (AvgIpc) is 2.85. The molecule has 0 unspecified atom stereocenters. The highest BCUT2D eigenvalue weighted by molar-refractivity contribution is 5.99. The summed E-state index contributed by atoms with van der Waals surface area (Å²) in [5, 5.41) is 28.5. The van der Waals surface area contributed by atoms with E-state index < -0.39 is 5.97 Å². The number of fused-ring (bicyclic) bond motifs is 1. The van der Waals surface area contributed by atoms with Crippen molar-refractivity contribution in [3.05, 3.63) is 34.5 Å². The zero-order valence-electron chi connectivity index (χ0n) is 13.1. The van der Waals surface area contributed by atoms with E-state index in [1.165, 1.54) is 0 Å². The highest BCUT2D eigenvalue weighted by atomic mass is 16.4. The summed E-state index contributed by atoms with van der Waals surface area (Å²) in [7, 11) is 0. The minimum absolute atomic E-state index is 0.111. The smallest absolute Gasteiger partial charge is 0.335 e. The molecule has 0 aliphatic rings. The summed E-state index contributed by atoms with van der Waals surface area (Å²) in [5.74, 6) is -0.918. The number of rotatable bonds is 7. The van der Waals surface area contributed by atoms with Crippen LogP contribution in [0.25, 0.3) is 10.9 Å². The molecule has 1 heterocycles. The lowest BCUT2D eigenvalue weighted by molar-refractivity contribution is 0.0696. The van der Waals surface area contributed by atoms with Gasteiger partial charge in [-0.1, -0.05) is 0 Å². The van der Waals surface area contributed by atoms with Crippen molar-refractivity contribution in [2.45, 2.75) is 39.7 Å². The van der Waals surface area contributed by atoms with Gasteiger partial charge in [-0.25, -0.2) is 4.79 Å². The van der Waals surface area contributed by atoms with E-state index in [1.807, 2.05) is 20.0 Å². The van der Waals surface area contributed by atoms with Crippen molar-refractivity contribution >= 4 is 16.9 Å². The summed E-state index contributed by atoms with van der Waals surface area (Å²) >= 11 is 0. The van der Waals surface area contributed by atoms with E-state index in [9.17, 15) is 9.90 Å². The Balaban J connectivity index is 2.68. The van der Waals surface area contributed by atoms with Crippen LogP contribution in [0, 0.1) is 13.8 Å². The Morgan fingerprint density at radius 2 is 1.86 bits per heavy atom. The summed E-state index contributed by atoms with van der Waals surface area (Å²) in [4.78, 5) is 11.4. The van der Waals surface area contributed by atoms with Crippen molar-refractivity contribution in [3.8, 4) is 0 Å². The Labute approximate surface area is 129 Å². The minimum atomic E-state index is -0.918. The average molecular weight is 305 g/mol. The largest absolute Gasteiger partial charge is 0.478 e. The number of aliphatic hydroxyl groups excluding tert-OH is 2. The summed E-state index contributed by atoms with van der Waals surface area (Å²) in [6.07, 6.45) is 4.04. The molecule has 1 aromatic carbocycles. The maximum atomic E-state index is 11.4. The van der Waals surface area contributed by atoms with E-state index in [0.29, 0.717) is 31.4 Å². The van der Waals surface area contributed by atoms with Gasteiger partial charge in [0.15, 0.2) is 0 Å². The number of benzene rings is 1. The van der Waals surface area contributed by atoms with Gasteiger partial charge in [0.1, 0.15) is 0 Å². The quantitative estimate of drug-likeness (QED) is 0.733. The second kappa shape index (κ2) is 6.94. The molecule has 22 heavy (non-hydrogen) atoms. The molecule has 0 atom stereocenters. The minimum Gasteiger partial charge on any atom is -0.478 e. The number of aromatic nitrogens is 1. The van der Waals surface area contributed by atoms with E-state index in [-0.39, 0.29) is 13.2 Å². The first-order valence-corrected chi connectivity index (χ1v) is 7.58. The van der Waals surface area contributed by atoms with Crippen molar-refractivity contribution in [1.29, 1.82) is 0 Å². The molecule has 0 saturated heterocycles. The highest BCUT2D eigenvalue weighted by Gasteiger charge is 2.18. The molecule has 2 aromatic rings. The zero-order chi connectivity index (χ0) is 16.3. The van der Waals surface area contributed by atoms with Crippen LogP contribution in [0.2, 0.25) is 0 Å². The number of carboxylic acid groups (broad SMARTS) is 1. The Kier molecular flexibility index (Phi) is 5.21. The molecule has 5 heteroatoms. The molecule has 0 aliphatic carbocycles. The molecule has 0 amide bonds.